The van der Waals surface area contributed by atoms with Crippen molar-refractivity contribution in [2.75, 3.05) is 4.90 Å². The van der Waals surface area contributed by atoms with Crippen molar-refractivity contribution in [3.8, 4) is 0 Å². The van der Waals surface area contributed by atoms with Crippen LogP contribution in [0.1, 0.15) is 30.5 Å². The predicted molar refractivity (Wildman–Crippen MR) is 121 cm³/mol. The SMILES string of the molecule is CC(=O)N1C(=O)C2(C)C=C(c3ccccc3)OC(c3ccccc3)=C2c2ccccc21. The fourth-order valence-electron chi connectivity index (χ4n) is 4.40. The molecule has 31 heavy (non-hydrogen) atoms. The average molecular weight is 407 g/mol. The largest absolute Gasteiger partial charge is 0.456 e. The van der Waals surface area contributed by atoms with Crippen molar-refractivity contribution in [1.82, 2.24) is 0 Å². The van der Waals surface area contributed by atoms with E-state index in [1.165, 1.54) is 11.8 Å². The first-order chi connectivity index (χ1) is 15.0. The molecule has 4 nitrogen and oxygen atoms in total. The number of hydrogen-bond donors (Lipinski definition) is 0. The molecule has 0 radical (unpaired) electrons. The monoisotopic (exact) mass is 407 g/mol. The van der Waals surface area contributed by atoms with Gasteiger partial charge in [-0.05, 0) is 19.1 Å². The van der Waals surface area contributed by atoms with Gasteiger partial charge in [-0.25, -0.2) is 4.90 Å². The summed E-state index contributed by atoms with van der Waals surface area (Å²) in [5, 5.41) is 0. The molecular weight excluding hydrogens is 386 g/mol. The van der Waals surface area contributed by atoms with E-state index in [9.17, 15) is 9.59 Å². The number of nitrogens with zero attached hydrogens (tertiary/aromatic N) is 1. The minimum absolute atomic E-state index is 0.279. The van der Waals surface area contributed by atoms with Gasteiger partial charge in [-0.2, -0.15) is 0 Å². The number of rotatable bonds is 2. The summed E-state index contributed by atoms with van der Waals surface area (Å²) >= 11 is 0. The summed E-state index contributed by atoms with van der Waals surface area (Å²) in [6, 6.07) is 27.0. The summed E-state index contributed by atoms with van der Waals surface area (Å²) in [5.74, 6) is 0.648. The number of imide groups is 1. The Labute approximate surface area is 181 Å². The van der Waals surface area contributed by atoms with Crippen molar-refractivity contribution in [3.63, 3.8) is 0 Å². The van der Waals surface area contributed by atoms with Gasteiger partial charge in [0.1, 0.15) is 11.5 Å². The van der Waals surface area contributed by atoms with Crippen LogP contribution in [0.2, 0.25) is 0 Å². The highest BCUT2D eigenvalue weighted by Gasteiger charge is 2.50. The third-order valence-corrected chi connectivity index (χ3v) is 5.85. The first-order valence-electron chi connectivity index (χ1n) is 10.2. The number of para-hydroxylation sites is 1. The zero-order chi connectivity index (χ0) is 21.6. The Bertz CT molecular complexity index is 1260. The molecule has 1 unspecified atom stereocenters. The first-order valence-corrected chi connectivity index (χ1v) is 10.2. The highest BCUT2D eigenvalue weighted by atomic mass is 16.5. The predicted octanol–water partition coefficient (Wildman–Crippen LogP) is 5.53. The Morgan fingerprint density at radius 2 is 1.42 bits per heavy atom. The lowest BCUT2D eigenvalue weighted by Gasteiger charge is -2.43. The van der Waals surface area contributed by atoms with Crippen LogP contribution in [0.25, 0.3) is 17.1 Å². The van der Waals surface area contributed by atoms with Crippen LogP contribution >= 0.6 is 0 Å². The smallest absolute Gasteiger partial charge is 0.248 e. The summed E-state index contributed by atoms with van der Waals surface area (Å²) < 4.78 is 6.48. The van der Waals surface area contributed by atoms with Gasteiger partial charge < -0.3 is 4.74 Å². The second-order valence-corrected chi connectivity index (χ2v) is 7.93. The Kier molecular flexibility index (Phi) is 4.36. The molecule has 2 amide bonds. The summed E-state index contributed by atoms with van der Waals surface area (Å²) in [6.45, 7) is 3.29. The van der Waals surface area contributed by atoms with Gasteiger partial charge in [0.25, 0.3) is 0 Å². The molecule has 0 saturated carbocycles. The highest BCUT2D eigenvalue weighted by molar-refractivity contribution is 6.26. The lowest BCUT2D eigenvalue weighted by Crippen LogP contribution is -2.49. The number of carbonyl (C=O) groups excluding carboxylic acids is 2. The number of benzene rings is 3. The first kappa shape index (κ1) is 19.1. The van der Waals surface area contributed by atoms with E-state index in [2.05, 4.69) is 0 Å². The summed E-state index contributed by atoms with van der Waals surface area (Å²) in [7, 11) is 0. The van der Waals surface area contributed by atoms with Crippen LogP contribution in [0.5, 0.6) is 0 Å². The van der Waals surface area contributed by atoms with Gasteiger partial charge in [0.15, 0.2) is 0 Å². The van der Waals surface area contributed by atoms with Gasteiger partial charge in [0.2, 0.25) is 11.8 Å². The number of anilines is 1. The molecule has 0 bridgehead atoms. The Balaban J connectivity index is 1.84. The molecule has 2 heterocycles. The van der Waals surface area contributed by atoms with Crippen molar-refractivity contribution < 1.29 is 14.3 Å². The van der Waals surface area contributed by atoms with Crippen molar-refractivity contribution in [1.29, 1.82) is 0 Å². The molecule has 0 fully saturated rings. The number of amides is 2. The zero-order valence-corrected chi connectivity index (χ0v) is 17.3. The van der Waals surface area contributed by atoms with Gasteiger partial charge in [-0.1, -0.05) is 78.9 Å². The van der Waals surface area contributed by atoms with Crippen LogP contribution in [-0.2, 0) is 14.3 Å². The molecule has 1 atom stereocenters. The second-order valence-electron chi connectivity index (χ2n) is 7.93. The van der Waals surface area contributed by atoms with Crippen LogP contribution < -0.4 is 4.90 Å². The second kappa shape index (κ2) is 7.10. The van der Waals surface area contributed by atoms with Crippen LogP contribution in [0.4, 0.5) is 5.69 Å². The fourth-order valence-corrected chi connectivity index (χ4v) is 4.40. The van der Waals surface area contributed by atoms with E-state index in [0.717, 1.165) is 22.3 Å². The van der Waals surface area contributed by atoms with Crippen LogP contribution in [0.3, 0.4) is 0 Å². The molecule has 2 aliphatic heterocycles. The molecule has 2 aliphatic rings. The summed E-state index contributed by atoms with van der Waals surface area (Å²) in [5.41, 5.74) is 2.87. The van der Waals surface area contributed by atoms with Crippen molar-refractivity contribution >= 4 is 34.6 Å². The molecule has 0 aliphatic carbocycles. The summed E-state index contributed by atoms with van der Waals surface area (Å²) in [4.78, 5) is 27.6. The number of carbonyl (C=O) groups is 2. The summed E-state index contributed by atoms with van der Waals surface area (Å²) in [6.07, 6.45) is 1.85. The molecular formula is C27H21NO3. The lowest BCUT2D eigenvalue weighted by molar-refractivity contribution is -0.128. The van der Waals surface area contributed by atoms with Gasteiger partial charge in [-0.3, -0.25) is 9.59 Å². The maximum absolute atomic E-state index is 13.8. The fraction of sp³-hybridized carbons (Fsp3) is 0.111. The standard InChI is InChI=1S/C27H21NO3/c1-18(29)28-22-16-10-9-15-21(22)24-25(20-13-7-4-8-14-20)31-23(17-27(24,2)26(28)30)19-11-5-3-6-12-19/h3-17H,1-2H3. The maximum Gasteiger partial charge on any atom is 0.248 e. The molecule has 152 valence electrons. The van der Waals surface area contributed by atoms with E-state index in [4.69, 9.17) is 4.74 Å². The van der Waals surface area contributed by atoms with E-state index in [1.54, 1.807) is 6.07 Å². The van der Waals surface area contributed by atoms with Crippen LogP contribution in [-0.4, -0.2) is 11.8 Å². The minimum Gasteiger partial charge on any atom is -0.456 e. The van der Waals surface area contributed by atoms with E-state index in [0.29, 0.717) is 17.2 Å². The van der Waals surface area contributed by atoms with Crippen LogP contribution in [0.15, 0.2) is 91.0 Å². The van der Waals surface area contributed by atoms with Gasteiger partial charge in [0, 0.05) is 29.2 Å². The number of hydrogen-bond acceptors (Lipinski definition) is 3. The Morgan fingerprint density at radius 3 is 2.06 bits per heavy atom. The highest BCUT2D eigenvalue weighted by Crippen LogP contribution is 2.54. The third-order valence-electron chi connectivity index (χ3n) is 5.85. The van der Waals surface area contributed by atoms with Crippen molar-refractivity contribution in [2.45, 2.75) is 13.8 Å². The van der Waals surface area contributed by atoms with Gasteiger partial charge in [-0.15, -0.1) is 0 Å². The molecule has 3 aromatic carbocycles. The topological polar surface area (TPSA) is 46.6 Å². The Hall–Kier alpha value is -3.92. The third kappa shape index (κ3) is 2.91. The lowest BCUT2D eigenvalue weighted by atomic mass is 9.70. The van der Waals surface area contributed by atoms with E-state index in [-0.39, 0.29) is 11.8 Å². The quantitative estimate of drug-likeness (QED) is 0.561. The normalized spacial score (nSPS) is 19.9. The van der Waals surface area contributed by atoms with Gasteiger partial charge >= 0.3 is 0 Å². The van der Waals surface area contributed by atoms with Crippen LogP contribution in [0, 0.1) is 5.41 Å². The average Bonchev–Trinajstić information content (AvgIpc) is 2.80. The maximum atomic E-state index is 13.8. The molecule has 3 aromatic rings. The number of ether oxygens (including phenoxy) is 1. The van der Waals surface area contributed by atoms with E-state index in [1.807, 2.05) is 91.9 Å². The Morgan fingerprint density at radius 1 is 0.839 bits per heavy atom. The van der Waals surface area contributed by atoms with Crippen molar-refractivity contribution in [2.24, 2.45) is 5.41 Å². The minimum atomic E-state index is -1.06. The molecule has 0 aromatic heterocycles. The molecule has 5 rings (SSSR count). The zero-order valence-electron chi connectivity index (χ0n) is 17.3. The molecule has 0 spiro atoms. The molecule has 4 heteroatoms. The van der Waals surface area contributed by atoms with Crippen molar-refractivity contribution in [3.05, 3.63) is 108 Å². The molecule has 0 N–H and O–H groups in total. The van der Waals surface area contributed by atoms with Gasteiger partial charge in [0.05, 0.1) is 11.1 Å². The molecule has 0 saturated heterocycles. The number of fused-ring (bicyclic) bond motifs is 3. The van der Waals surface area contributed by atoms with E-state index < -0.39 is 5.41 Å². The van der Waals surface area contributed by atoms with E-state index >= 15 is 0 Å².